The predicted octanol–water partition coefficient (Wildman–Crippen LogP) is 1.36. The van der Waals surface area contributed by atoms with Crippen molar-refractivity contribution in [2.75, 3.05) is 11.5 Å². The van der Waals surface area contributed by atoms with Gasteiger partial charge in [0.15, 0.2) is 9.84 Å². The summed E-state index contributed by atoms with van der Waals surface area (Å²) in [5, 5.41) is 5.01. The Balaban J connectivity index is 1.72. The molecule has 2 heterocycles. The molecule has 7 heteroatoms. The van der Waals surface area contributed by atoms with Crippen LogP contribution in [0.5, 0.6) is 0 Å². The average Bonchev–Trinajstić information content (AvgIpc) is 2.99. The number of carbonyl (C=O) groups excluding carboxylic acids is 1. The molecule has 1 atom stereocenters. The lowest BCUT2D eigenvalue weighted by Gasteiger charge is -2.04. The highest BCUT2D eigenvalue weighted by molar-refractivity contribution is 7.91. The lowest BCUT2D eigenvalue weighted by atomic mass is 10.1. The zero-order valence-electron chi connectivity index (χ0n) is 12.2. The van der Waals surface area contributed by atoms with E-state index >= 15 is 0 Å². The third-order valence-corrected chi connectivity index (χ3v) is 5.68. The van der Waals surface area contributed by atoms with Crippen LogP contribution in [-0.2, 0) is 14.6 Å². The Morgan fingerprint density at radius 2 is 2.18 bits per heavy atom. The molecule has 3 rings (SSSR count). The molecule has 0 bridgehead atoms. The van der Waals surface area contributed by atoms with Crippen LogP contribution in [-0.4, -0.2) is 37.0 Å². The van der Waals surface area contributed by atoms with E-state index in [4.69, 9.17) is 0 Å². The number of hydrogen-bond donors (Lipinski definition) is 2. The van der Waals surface area contributed by atoms with Crippen LogP contribution in [0.4, 0.5) is 0 Å². The first-order chi connectivity index (χ1) is 10.5. The van der Waals surface area contributed by atoms with Crippen LogP contribution in [0.2, 0.25) is 0 Å². The van der Waals surface area contributed by atoms with E-state index in [-0.39, 0.29) is 17.4 Å². The van der Waals surface area contributed by atoms with Crippen LogP contribution < -0.4 is 5.43 Å². The number of carbonyl (C=O) groups is 1. The van der Waals surface area contributed by atoms with E-state index in [0.29, 0.717) is 6.42 Å². The molecule has 0 aliphatic carbocycles. The van der Waals surface area contributed by atoms with Crippen molar-refractivity contribution in [1.82, 2.24) is 10.4 Å². The minimum absolute atomic E-state index is 0.0797. The second-order valence-corrected chi connectivity index (χ2v) is 7.77. The van der Waals surface area contributed by atoms with E-state index in [9.17, 15) is 13.2 Å². The SMILES string of the molecule is Cc1[nH]c2ccccc2c1/C=N/NC(=O)[C@H]1CCS(=O)(=O)C1. The number of rotatable bonds is 3. The summed E-state index contributed by atoms with van der Waals surface area (Å²) >= 11 is 0. The summed E-state index contributed by atoms with van der Waals surface area (Å²) < 4.78 is 22.7. The number of amides is 1. The molecule has 1 amide bonds. The molecule has 1 fully saturated rings. The molecule has 0 saturated carbocycles. The van der Waals surface area contributed by atoms with Gasteiger partial charge in [-0.15, -0.1) is 0 Å². The molecule has 22 heavy (non-hydrogen) atoms. The lowest BCUT2D eigenvalue weighted by molar-refractivity contribution is -0.124. The van der Waals surface area contributed by atoms with Gasteiger partial charge in [0, 0.05) is 22.2 Å². The number of hydrazone groups is 1. The molecule has 116 valence electrons. The molecular weight excluding hydrogens is 302 g/mol. The zero-order chi connectivity index (χ0) is 15.7. The van der Waals surface area contributed by atoms with Crippen molar-refractivity contribution in [2.45, 2.75) is 13.3 Å². The van der Waals surface area contributed by atoms with Gasteiger partial charge in [0.05, 0.1) is 23.6 Å². The van der Waals surface area contributed by atoms with Gasteiger partial charge in [-0.05, 0) is 19.4 Å². The number of H-pyrrole nitrogens is 1. The van der Waals surface area contributed by atoms with E-state index in [2.05, 4.69) is 15.5 Å². The summed E-state index contributed by atoms with van der Waals surface area (Å²) in [5.74, 6) is -0.836. The molecule has 0 spiro atoms. The van der Waals surface area contributed by atoms with E-state index in [0.717, 1.165) is 22.2 Å². The summed E-state index contributed by atoms with van der Waals surface area (Å²) in [6, 6.07) is 7.84. The molecular formula is C15H17N3O3S. The minimum Gasteiger partial charge on any atom is -0.358 e. The number of benzene rings is 1. The fourth-order valence-electron chi connectivity index (χ4n) is 2.72. The number of nitrogens with one attached hydrogen (secondary N) is 2. The van der Waals surface area contributed by atoms with Crippen molar-refractivity contribution in [3.8, 4) is 0 Å². The van der Waals surface area contributed by atoms with E-state index in [1.165, 1.54) is 0 Å². The van der Waals surface area contributed by atoms with Gasteiger partial charge in [-0.25, -0.2) is 13.8 Å². The third-order valence-electron chi connectivity index (χ3n) is 3.92. The Morgan fingerprint density at radius 1 is 1.41 bits per heavy atom. The largest absolute Gasteiger partial charge is 0.358 e. The Kier molecular flexibility index (Phi) is 3.74. The van der Waals surface area contributed by atoms with Crippen molar-refractivity contribution in [3.05, 3.63) is 35.5 Å². The highest BCUT2D eigenvalue weighted by Gasteiger charge is 2.32. The van der Waals surface area contributed by atoms with Crippen molar-refractivity contribution >= 4 is 32.9 Å². The van der Waals surface area contributed by atoms with Crippen LogP contribution in [0.1, 0.15) is 17.7 Å². The quantitative estimate of drug-likeness (QED) is 0.661. The Hall–Kier alpha value is -2.15. The number of hydrogen-bond acceptors (Lipinski definition) is 4. The second-order valence-electron chi connectivity index (χ2n) is 5.54. The third kappa shape index (κ3) is 2.89. The Morgan fingerprint density at radius 3 is 2.91 bits per heavy atom. The summed E-state index contributed by atoms with van der Waals surface area (Å²) in [7, 11) is -3.06. The van der Waals surface area contributed by atoms with Crippen LogP contribution >= 0.6 is 0 Å². The zero-order valence-corrected chi connectivity index (χ0v) is 13.0. The normalized spacial score (nSPS) is 20.7. The molecule has 0 unspecified atom stereocenters. The van der Waals surface area contributed by atoms with E-state index in [1.807, 2.05) is 31.2 Å². The number of fused-ring (bicyclic) bond motifs is 1. The van der Waals surface area contributed by atoms with Gasteiger partial charge in [-0.3, -0.25) is 4.79 Å². The molecule has 2 aromatic rings. The first kappa shape index (κ1) is 14.8. The molecule has 0 radical (unpaired) electrons. The van der Waals surface area contributed by atoms with Gasteiger partial charge in [-0.1, -0.05) is 18.2 Å². The first-order valence-electron chi connectivity index (χ1n) is 7.07. The number of aromatic nitrogens is 1. The van der Waals surface area contributed by atoms with Crippen molar-refractivity contribution in [3.63, 3.8) is 0 Å². The topological polar surface area (TPSA) is 91.4 Å². The van der Waals surface area contributed by atoms with Crippen LogP contribution in [0.3, 0.4) is 0 Å². The highest BCUT2D eigenvalue weighted by atomic mass is 32.2. The predicted molar refractivity (Wildman–Crippen MR) is 85.5 cm³/mol. The van der Waals surface area contributed by atoms with E-state index < -0.39 is 15.8 Å². The van der Waals surface area contributed by atoms with Gasteiger partial charge >= 0.3 is 0 Å². The smallest absolute Gasteiger partial charge is 0.244 e. The molecule has 6 nitrogen and oxygen atoms in total. The van der Waals surface area contributed by atoms with Gasteiger partial charge in [0.25, 0.3) is 0 Å². The second kappa shape index (κ2) is 5.57. The summed E-state index contributed by atoms with van der Waals surface area (Å²) in [5.41, 5.74) is 5.33. The standard InChI is InChI=1S/C15H17N3O3S/c1-10-13(12-4-2-3-5-14(12)17-10)8-16-18-15(19)11-6-7-22(20,21)9-11/h2-5,8,11,17H,6-7,9H2,1H3,(H,18,19)/b16-8+/t11-/m0/s1. The summed E-state index contributed by atoms with van der Waals surface area (Å²) in [4.78, 5) is 15.2. The van der Waals surface area contributed by atoms with Crippen LogP contribution in [0.25, 0.3) is 10.9 Å². The van der Waals surface area contributed by atoms with E-state index in [1.54, 1.807) is 6.21 Å². The number of nitrogens with zero attached hydrogens (tertiary/aromatic N) is 1. The monoisotopic (exact) mass is 319 g/mol. The molecule has 1 aliphatic heterocycles. The summed E-state index contributed by atoms with van der Waals surface area (Å²) in [6.07, 6.45) is 1.96. The molecule has 1 aromatic carbocycles. The molecule has 1 aliphatic rings. The number of para-hydroxylation sites is 1. The maximum absolute atomic E-state index is 11.9. The number of aromatic amines is 1. The molecule has 2 N–H and O–H groups in total. The van der Waals surface area contributed by atoms with Gasteiger partial charge in [0.2, 0.25) is 5.91 Å². The van der Waals surface area contributed by atoms with Crippen molar-refractivity contribution < 1.29 is 13.2 Å². The Labute approximate surface area is 128 Å². The van der Waals surface area contributed by atoms with Crippen LogP contribution in [0.15, 0.2) is 29.4 Å². The highest BCUT2D eigenvalue weighted by Crippen LogP contribution is 2.20. The number of aryl methyl sites for hydroxylation is 1. The fraction of sp³-hybridized carbons (Fsp3) is 0.333. The van der Waals surface area contributed by atoms with Gasteiger partial charge in [-0.2, -0.15) is 5.10 Å². The van der Waals surface area contributed by atoms with Gasteiger partial charge in [0.1, 0.15) is 0 Å². The molecule has 1 aromatic heterocycles. The first-order valence-corrected chi connectivity index (χ1v) is 8.89. The van der Waals surface area contributed by atoms with Crippen molar-refractivity contribution in [2.24, 2.45) is 11.0 Å². The maximum atomic E-state index is 11.9. The van der Waals surface area contributed by atoms with Crippen LogP contribution in [0, 0.1) is 12.8 Å². The summed E-state index contributed by atoms with van der Waals surface area (Å²) in [6.45, 7) is 1.94. The lowest BCUT2D eigenvalue weighted by Crippen LogP contribution is -2.27. The average molecular weight is 319 g/mol. The fourth-order valence-corrected chi connectivity index (χ4v) is 4.46. The van der Waals surface area contributed by atoms with Gasteiger partial charge < -0.3 is 4.98 Å². The number of sulfone groups is 1. The Bertz CT molecular complexity index is 852. The van der Waals surface area contributed by atoms with Crippen molar-refractivity contribution in [1.29, 1.82) is 0 Å². The molecule has 1 saturated heterocycles. The minimum atomic E-state index is -3.06. The maximum Gasteiger partial charge on any atom is 0.244 e.